The number of ether oxygens (including phenoxy) is 4. The molecule has 8 nitrogen and oxygen atoms in total. The molecule has 2 atom stereocenters. The molecule has 2 aromatic carbocycles. The molecule has 0 N–H and O–H groups in total. The van der Waals surface area contributed by atoms with E-state index in [1.165, 1.54) is 45.4 Å². The molecule has 0 aliphatic carbocycles. The van der Waals surface area contributed by atoms with E-state index in [1.54, 1.807) is 18.2 Å². The van der Waals surface area contributed by atoms with Crippen LogP contribution in [0.1, 0.15) is 17.7 Å². The van der Waals surface area contributed by atoms with Crippen LogP contribution in [0.3, 0.4) is 0 Å². The first-order valence-corrected chi connectivity index (χ1v) is 10.1. The van der Waals surface area contributed by atoms with Crippen LogP contribution in [0.25, 0.3) is 0 Å². The highest BCUT2D eigenvalue weighted by molar-refractivity contribution is 7.92. The van der Waals surface area contributed by atoms with Crippen LogP contribution >= 0.6 is 0 Å². The number of hydrogen-bond donors (Lipinski definition) is 0. The van der Waals surface area contributed by atoms with Crippen molar-refractivity contribution in [1.82, 2.24) is 0 Å². The molecule has 1 aliphatic rings. The van der Waals surface area contributed by atoms with Crippen molar-refractivity contribution >= 4 is 21.6 Å². The van der Waals surface area contributed by atoms with Gasteiger partial charge in [0.05, 0.1) is 31.8 Å². The molecule has 3 rings (SSSR count). The summed E-state index contributed by atoms with van der Waals surface area (Å²) in [4.78, 5) is 25.8. The number of carbonyl (C=O) groups is 2. The third-order valence-corrected chi connectivity index (χ3v) is 6.79. The Labute approximate surface area is 168 Å². The van der Waals surface area contributed by atoms with E-state index in [1.807, 2.05) is 0 Å². The van der Waals surface area contributed by atoms with E-state index in [9.17, 15) is 18.0 Å². The van der Waals surface area contributed by atoms with Gasteiger partial charge in [-0.3, -0.25) is 4.79 Å². The first-order chi connectivity index (χ1) is 13.7. The normalized spacial score (nSPS) is 21.0. The van der Waals surface area contributed by atoms with Crippen LogP contribution in [0.2, 0.25) is 0 Å². The predicted octanol–water partition coefficient (Wildman–Crippen LogP) is 2.11. The van der Waals surface area contributed by atoms with E-state index in [0.717, 1.165) is 7.11 Å². The number of fused-ring (bicyclic) bond motifs is 1. The number of esters is 1. The van der Waals surface area contributed by atoms with E-state index in [4.69, 9.17) is 18.9 Å². The molecule has 0 spiro atoms. The number of benzene rings is 2. The summed E-state index contributed by atoms with van der Waals surface area (Å²) in [5, 5.41) is -1.76. The van der Waals surface area contributed by atoms with Crippen molar-refractivity contribution in [2.24, 2.45) is 0 Å². The van der Waals surface area contributed by atoms with Gasteiger partial charge in [-0.2, -0.15) is 0 Å². The van der Waals surface area contributed by atoms with Gasteiger partial charge in [0.1, 0.15) is 5.75 Å². The zero-order chi connectivity index (χ0) is 21.4. The Balaban J connectivity index is 2.38. The van der Waals surface area contributed by atoms with E-state index in [0.29, 0.717) is 0 Å². The Morgan fingerprint density at radius 3 is 2.14 bits per heavy atom. The molecule has 0 saturated carbocycles. The van der Waals surface area contributed by atoms with Crippen molar-refractivity contribution in [2.45, 2.75) is 22.7 Å². The van der Waals surface area contributed by atoms with Gasteiger partial charge in [0.25, 0.3) is 5.60 Å². The second kappa shape index (κ2) is 7.40. The first-order valence-electron chi connectivity index (χ1n) is 8.58. The third kappa shape index (κ3) is 3.11. The number of carbonyl (C=O) groups excluding carboxylic acids is 2. The zero-order valence-electron chi connectivity index (χ0n) is 16.3. The molecule has 29 heavy (non-hydrogen) atoms. The average molecular weight is 420 g/mol. The van der Waals surface area contributed by atoms with Crippen LogP contribution in [0, 0.1) is 0 Å². The third-order valence-electron chi connectivity index (χ3n) is 4.79. The maximum Gasteiger partial charge on any atom is 0.357 e. The number of rotatable bonds is 5. The van der Waals surface area contributed by atoms with Crippen molar-refractivity contribution in [2.75, 3.05) is 21.3 Å². The van der Waals surface area contributed by atoms with Gasteiger partial charge in [0.2, 0.25) is 5.78 Å². The highest BCUT2D eigenvalue weighted by Crippen LogP contribution is 2.51. The van der Waals surface area contributed by atoms with E-state index in [-0.39, 0.29) is 27.7 Å². The van der Waals surface area contributed by atoms with E-state index >= 15 is 0 Å². The Kier molecular flexibility index (Phi) is 5.27. The number of sulfone groups is 1. The van der Waals surface area contributed by atoms with Crippen molar-refractivity contribution in [1.29, 1.82) is 0 Å². The number of ketones is 1. The molecular weight excluding hydrogens is 400 g/mol. The monoisotopic (exact) mass is 420 g/mol. The van der Waals surface area contributed by atoms with Crippen molar-refractivity contribution in [3.05, 3.63) is 48.0 Å². The molecule has 1 aliphatic heterocycles. The lowest BCUT2D eigenvalue weighted by atomic mass is 9.89. The molecule has 2 unspecified atom stereocenters. The Morgan fingerprint density at radius 2 is 1.59 bits per heavy atom. The lowest BCUT2D eigenvalue weighted by Crippen LogP contribution is -2.55. The molecule has 0 saturated heterocycles. The van der Waals surface area contributed by atoms with Crippen LogP contribution in [-0.4, -0.2) is 47.1 Å². The fourth-order valence-corrected chi connectivity index (χ4v) is 5.12. The van der Waals surface area contributed by atoms with Gasteiger partial charge in [0, 0.05) is 0 Å². The fraction of sp³-hybridized carbons (Fsp3) is 0.300. The standard InChI is InChI=1S/C20H20O8S/c1-20(19(22)27-4)18(21)17(29(23,24)12-8-6-5-7-9-12)15-13(25-2)10-11-14(26-3)16(15)28-20/h5-11,17H,1-4H3. The highest BCUT2D eigenvalue weighted by atomic mass is 32.2. The molecule has 0 fully saturated rings. The summed E-state index contributed by atoms with van der Waals surface area (Å²) in [6, 6.07) is 10.5. The Morgan fingerprint density at radius 1 is 1.00 bits per heavy atom. The van der Waals surface area contributed by atoms with Gasteiger partial charge in [-0.25, -0.2) is 13.2 Å². The van der Waals surface area contributed by atoms with Crippen molar-refractivity contribution in [3.63, 3.8) is 0 Å². The second-order valence-corrected chi connectivity index (χ2v) is 8.47. The van der Waals surface area contributed by atoms with Gasteiger partial charge >= 0.3 is 5.97 Å². The largest absolute Gasteiger partial charge is 0.496 e. The SMILES string of the molecule is COC(=O)C1(C)Oc2c(OC)ccc(OC)c2C(S(=O)(=O)c2ccccc2)C1=O. The maximum absolute atomic E-state index is 13.5. The average Bonchev–Trinajstić information content (AvgIpc) is 2.73. The molecule has 1 heterocycles. The number of hydrogen-bond acceptors (Lipinski definition) is 8. The fourth-order valence-electron chi connectivity index (χ4n) is 3.27. The summed E-state index contributed by atoms with van der Waals surface area (Å²) >= 11 is 0. The van der Waals surface area contributed by atoms with Gasteiger partial charge in [0.15, 0.2) is 26.6 Å². The molecule has 0 aromatic heterocycles. The smallest absolute Gasteiger partial charge is 0.357 e. The summed E-state index contributed by atoms with van der Waals surface area (Å²) < 4.78 is 48.0. The topological polar surface area (TPSA) is 105 Å². The summed E-state index contributed by atoms with van der Waals surface area (Å²) in [6.45, 7) is 1.18. The van der Waals surface area contributed by atoms with Crippen molar-refractivity contribution < 1.29 is 37.0 Å². The Bertz CT molecular complexity index is 1060. The molecular formula is C20H20O8S. The van der Waals surface area contributed by atoms with Gasteiger partial charge in [-0.1, -0.05) is 18.2 Å². The summed E-state index contributed by atoms with van der Waals surface area (Å²) in [6.07, 6.45) is 0. The highest BCUT2D eigenvalue weighted by Gasteiger charge is 2.58. The lowest BCUT2D eigenvalue weighted by molar-refractivity contribution is -0.164. The molecule has 0 bridgehead atoms. The number of methoxy groups -OCH3 is 3. The summed E-state index contributed by atoms with van der Waals surface area (Å²) in [7, 11) is -0.482. The van der Waals surface area contributed by atoms with Gasteiger partial charge < -0.3 is 18.9 Å². The summed E-state index contributed by atoms with van der Waals surface area (Å²) in [5.41, 5.74) is -2.21. The zero-order valence-corrected chi connectivity index (χ0v) is 17.1. The second-order valence-electron chi connectivity index (χ2n) is 6.44. The minimum atomic E-state index is -4.27. The minimum Gasteiger partial charge on any atom is -0.496 e. The quantitative estimate of drug-likeness (QED) is 0.535. The predicted molar refractivity (Wildman–Crippen MR) is 102 cm³/mol. The molecule has 0 amide bonds. The number of Topliss-reactive ketones (excluding diaryl/α,β-unsaturated/α-hetero) is 1. The molecule has 9 heteroatoms. The lowest BCUT2D eigenvalue weighted by Gasteiger charge is -2.37. The van der Waals surface area contributed by atoms with Crippen LogP contribution in [0.15, 0.2) is 47.4 Å². The molecule has 2 aromatic rings. The maximum atomic E-state index is 13.5. The van der Waals surface area contributed by atoms with Gasteiger partial charge in [-0.15, -0.1) is 0 Å². The van der Waals surface area contributed by atoms with Crippen LogP contribution in [-0.2, 0) is 24.2 Å². The van der Waals surface area contributed by atoms with E-state index in [2.05, 4.69) is 0 Å². The summed E-state index contributed by atoms with van der Waals surface area (Å²) in [5.74, 6) is -1.80. The van der Waals surface area contributed by atoms with Crippen molar-refractivity contribution in [3.8, 4) is 17.2 Å². The Hall–Kier alpha value is -3.07. The van der Waals surface area contributed by atoms with Crippen LogP contribution < -0.4 is 14.2 Å². The minimum absolute atomic E-state index is 0.0259. The van der Waals surface area contributed by atoms with E-state index < -0.39 is 32.4 Å². The van der Waals surface area contributed by atoms with Gasteiger partial charge in [-0.05, 0) is 31.2 Å². The van der Waals surface area contributed by atoms with Crippen LogP contribution in [0.5, 0.6) is 17.2 Å². The first kappa shape index (κ1) is 20.7. The van der Waals surface area contributed by atoms with Crippen LogP contribution in [0.4, 0.5) is 0 Å². The molecule has 0 radical (unpaired) electrons. The molecule has 154 valence electrons.